The van der Waals surface area contributed by atoms with Crippen molar-refractivity contribution in [3.63, 3.8) is 0 Å². The first kappa shape index (κ1) is 12.1. The van der Waals surface area contributed by atoms with E-state index in [4.69, 9.17) is 0 Å². The Morgan fingerprint density at radius 1 is 1.06 bits per heavy atom. The lowest BCUT2D eigenvalue weighted by Gasteiger charge is -2.23. The van der Waals surface area contributed by atoms with Crippen LogP contribution in [0.5, 0.6) is 0 Å². The van der Waals surface area contributed by atoms with E-state index in [1.807, 2.05) is 0 Å². The van der Waals surface area contributed by atoms with Gasteiger partial charge in [-0.2, -0.15) is 0 Å². The van der Waals surface area contributed by atoms with E-state index in [0.717, 1.165) is 44.3 Å². The molecule has 2 heteroatoms. The summed E-state index contributed by atoms with van der Waals surface area (Å²) < 4.78 is 0. The zero-order chi connectivity index (χ0) is 11.5. The number of Topliss-reactive ketones (excluding diaryl/α,β-unsaturated/α-hetero) is 1. The van der Waals surface area contributed by atoms with Crippen LogP contribution in [0.4, 0.5) is 0 Å². The highest BCUT2D eigenvalue weighted by Gasteiger charge is 2.29. The molecule has 1 aliphatic heterocycles. The quantitative estimate of drug-likeness (QED) is 0.733. The van der Waals surface area contributed by atoms with Crippen LogP contribution in [-0.4, -0.2) is 30.3 Å². The van der Waals surface area contributed by atoms with E-state index < -0.39 is 0 Å². The third-order valence-corrected chi connectivity index (χ3v) is 4.50. The van der Waals surface area contributed by atoms with Gasteiger partial charge in [0.25, 0.3) is 0 Å². The van der Waals surface area contributed by atoms with Crippen molar-refractivity contribution in [2.75, 3.05) is 19.6 Å². The molecule has 2 unspecified atom stereocenters. The van der Waals surface area contributed by atoms with Crippen LogP contribution in [0.25, 0.3) is 0 Å². The lowest BCUT2D eigenvalue weighted by Crippen LogP contribution is -2.32. The van der Waals surface area contributed by atoms with Gasteiger partial charge in [0.2, 0.25) is 0 Å². The molecule has 2 atom stereocenters. The number of carbonyl (C=O) groups excluding carboxylic acids is 1. The highest BCUT2D eigenvalue weighted by Crippen LogP contribution is 2.26. The minimum atomic E-state index is 0.389. The van der Waals surface area contributed by atoms with Crippen molar-refractivity contribution in [1.82, 2.24) is 4.90 Å². The van der Waals surface area contributed by atoms with E-state index in [2.05, 4.69) is 18.7 Å². The molecule has 0 aromatic carbocycles. The van der Waals surface area contributed by atoms with Gasteiger partial charge < -0.3 is 0 Å². The van der Waals surface area contributed by atoms with Gasteiger partial charge >= 0.3 is 0 Å². The molecular weight excluding hydrogens is 198 g/mol. The number of rotatable bonds is 3. The van der Waals surface area contributed by atoms with Crippen molar-refractivity contribution in [2.24, 2.45) is 17.8 Å². The standard InChI is InChI=1S/C14H25NO/c1-11-8-15(9-12(11)2)10-14(16)13-6-4-3-5-7-13/h11-13H,3-10H2,1-2H3. The van der Waals surface area contributed by atoms with Gasteiger partial charge in [-0.1, -0.05) is 33.1 Å². The molecule has 2 nitrogen and oxygen atoms in total. The van der Waals surface area contributed by atoms with Crippen LogP contribution in [0.1, 0.15) is 46.0 Å². The molecule has 2 fully saturated rings. The van der Waals surface area contributed by atoms with E-state index in [0.29, 0.717) is 11.7 Å². The fourth-order valence-corrected chi connectivity index (χ4v) is 3.15. The molecule has 1 saturated carbocycles. The van der Waals surface area contributed by atoms with Crippen molar-refractivity contribution < 1.29 is 4.79 Å². The molecule has 0 aromatic heterocycles. The first-order chi connectivity index (χ1) is 7.66. The Labute approximate surface area is 99.4 Å². The smallest absolute Gasteiger partial charge is 0.149 e. The van der Waals surface area contributed by atoms with Gasteiger partial charge in [0.05, 0.1) is 6.54 Å². The largest absolute Gasteiger partial charge is 0.298 e. The van der Waals surface area contributed by atoms with Crippen molar-refractivity contribution in [3.05, 3.63) is 0 Å². The average molecular weight is 223 g/mol. The minimum Gasteiger partial charge on any atom is -0.298 e. The predicted octanol–water partition coefficient (Wildman–Crippen LogP) is 2.72. The van der Waals surface area contributed by atoms with E-state index >= 15 is 0 Å². The van der Waals surface area contributed by atoms with Crippen molar-refractivity contribution in [2.45, 2.75) is 46.0 Å². The van der Waals surface area contributed by atoms with E-state index in [9.17, 15) is 4.79 Å². The second-order valence-corrected chi connectivity index (χ2v) is 5.95. The van der Waals surface area contributed by atoms with Crippen molar-refractivity contribution in [1.29, 1.82) is 0 Å². The van der Waals surface area contributed by atoms with Gasteiger partial charge in [-0.15, -0.1) is 0 Å². The Hall–Kier alpha value is -0.370. The second-order valence-electron chi connectivity index (χ2n) is 5.95. The number of likely N-dealkylation sites (tertiary alicyclic amines) is 1. The third-order valence-electron chi connectivity index (χ3n) is 4.50. The Morgan fingerprint density at radius 2 is 1.62 bits per heavy atom. The van der Waals surface area contributed by atoms with Gasteiger partial charge in [0.15, 0.2) is 0 Å². The number of ketones is 1. The monoisotopic (exact) mass is 223 g/mol. The topological polar surface area (TPSA) is 20.3 Å². The first-order valence-electron chi connectivity index (χ1n) is 6.92. The molecule has 1 heterocycles. The van der Waals surface area contributed by atoms with Gasteiger partial charge in [0, 0.05) is 19.0 Å². The molecule has 0 radical (unpaired) electrons. The van der Waals surface area contributed by atoms with Crippen LogP contribution in [-0.2, 0) is 4.79 Å². The van der Waals surface area contributed by atoms with Gasteiger partial charge in [-0.05, 0) is 24.7 Å². The summed E-state index contributed by atoms with van der Waals surface area (Å²) in [6.45, 7) is 7.57. The summed E-state index contributed by atoms with van der Waals surface area (Å²) in [4.78, 5) is 14.5. The maximum Gasteiger partial charge on any atom is 0.149 e. The molecule has 0 spiro atoms. The molecule has 0 amide bonds. The normalized spacial score (nSPS) is 33.1. The lowest BCUT2D eigenvalue weighted by atomic mass is 9.86. The lowest BCUT2D eigenvalue weighted by molar-refractivity contribution is -0.124. The molecule has 2 rings (SSSR count). The van der Waals surface area contributed by atoms with E-state index in [-0.39, 0.29) is 0 Å². The summed E-state index contributed by atoms with van der Waals surface area (Å²) in [7, 11) is 0. The molecule has 92 valence electrons. The molecule has 16 heavy (non-hydrogen) atoms. The maximum atomic E-state index is 12.1. The molecule has 1 saturated heterocycles. The van der Waals surface area contributed by atoms with Gasteiger partial charge in [0.1, 0.15) is 5.78 Å². The average Bonchev–Trinajstić information content (AvgIpc) is 2.59. The van der Waals surface area contributed by atoms with Gasteiger partial charge in [-0.25, -0.2) is 0 Å². The second kappa shape index (κ2) is 5.31. The zero-order valence-electron chi connectivity index (χ0n) is 10.7. The van der Waals surface area contributed by atoms with Crippen LogP contribution < -0.4 is 0 Å². The van der Waals surface area contributed by atoms with Crippen LogP contribution in [0.2, 0.25) is 0 Å². The van der Waals surface area contributed by atoms with Crippen molar-refractivity contribution >= 4 is 5.78 Å². The fourth-order valence-electron chi connectivity index (χ4n) is 3.15. The van der Waals surface area contributed by atoms with Crippen LogP contribution >= 0.6 is 0 Å². The summed E-state index contributed by atoms with van der Waals surface area (Å²) in [6.07, 6.45) is 6.17. The summed E-state index contributed by atoms with van der Waals surface area (Å²) in [5.41, 5.74) is 0. The molecular formula is C14H25NO. The van der Waals surface area contributed by atoms with Gasteiger partial charge in [-0.3, -0.25) is 9.69 Å². The molecule has 1 aliphatic carbocycles. The Balaban J connectivity index is 1.78. The van der Waals surface area contributed by atoms with Crippen LogP contribution in [0.3, 0.4) is 0 Å². The summed E-state index contributed by atoms with van der Waals surface area (Å²) in [5.74, 6) is 2.43. The number of hydrogen-bond donors (Lipinski definition) is 0. The Kier molecular flexibility index (Phi) is 4.01. The molecule has 2 aliphatic rings. The minimum absolute atomic E-state index is 0.389. The van der Waals surface area contributed by atoms with E-state index in [1.54, 1.807) is 0 Å². The number of hydrogen-bond acceptors (Lipinski definition) is 2. The summed E-state index contributed by atoms with van der Waals surface area (Å²) >= 11 is 0. The van der Waals surface area contributed by atoms with Crippen LogP contribution in [0, 0.1) is 17.8 Å². The summed E-state index contributed by atoms with van der Waals surface area (Å²) in [5, 5.41) is 0. The third kappa shape index (κ3) is 2.85. The molecule has 0 aromatic rings. The summed E-state index contributed by atoms with van der Waals surface area (Å²) in [6, 6.07) is 0. The Morgan fingerprint density at radius 3 is 2.19 bits per heavy atom. The number of carbonyl (C=O) groups is 1. The van der Waals surface area contributed by atoms with E-state index in [1.165, 1.54) is 19.3 Å². The predicted molar refractivity (Wildman–Crippen MR) is 66.4 cm³/mol. The fraction of sp³-hybridized carbons (Fsp3) is 0.929. The van der Waals surface area contributed by atoms with Crippen LogP contribution in [0.15, 0.2) is 0 Å². The Bertz CT molecular complexity index is 235. The highest BCUT2D eigenvalue weighted by atomic mass is 16.1. The first-order valence-corrected chi connectivity index (χ1v) is 6.92. The molecule has 0 bridgehead atoms. The molecule has 0 N–H and O–H groups in total. The zero-order valence-corrected chi connectivity index (χ0v) is 10.7. The maximum absolute atomic E-state index is 12.1. The van der Waals surface area contributed by atoms with Crippen molar-refractivity contribution in [3.8, 4) is 0 Å². The highest BCUT2D eigenvalue weighted by molar-refractivity contribution is 5.83. The number of nitrogens with zero attached hydrogens (tertiary/aromatic N) is 1. The SMILES string of the molecule is CC1CN(CC(=O)C2CCCCC2)CC1C.